The van der Waals surface area contributed by atoms with E-state index in [-0.39, 0.29) is 23.7 Å². The maximum Gasteiger partial charge on any atom is 0.163 e. The van der Waals surface area contributed by atoms with Gasteiger partial charge in [-0.15, -0.1) is 0 Å². The van der Waals surface area contributed by atoms with E-state index in [1.165, 1.54) is 14.2 Å². The van der Waals surface area contributed by atoms with Gasteiger partial charge in [0.05, 0.1) is 20.0 Å². The highest BCUT2D eigenvalue weighted by atomic mass is 32.2. The molecule has 0 bridgehead atoms. The number of hydrogen-bond donors (Lipinski definition) is 0. The van der Waals surface area contributed by atoms with Gasteiger partial charge in [0.15, 0.2) is 5.78 Å². The second-order valence-electron chi connectivity index (χ2n) is 4.36. The van der Waals surface area contributed by atoms with Crippen LogP contribution in [0.2, 0.25) is 0 Å². The molecule has 0 atom stereocenters. The summed E-state index contributed by atoms with van der Waals surface area (Å²) in [5.41, 5.74) is 0.468. The number of carbonyl (C=O) groups is 1. The van der Waals surface area contributed by atoms with E-state index in [4.69, 9.17) is 9.47 Å². The molecule has 0 aliphatic rings. The molecule has 0 aliphatic heterocycles. The SMILES string of the molecule is CCS(=O)(=O)CCCC(=O)c1cc(OC)cc(OC)c1. The zero-order chi connectivity index (χ0) is 15.2. The first-order valence-electron chi connectivity index (χ1n) is 6.38. The summed E-state index contributed by atoms with van der Waals surface area (Å²) >= 11 is 0. The second kappa shape index (κ2) is 7.28. The minimum Gasteiger partial charge on any atom is -0.497 e. The van der Waals surface area contributed by atoms with Crippen LogP contribution < -0.4 is 9.47 Å². The van der Waals surface area contributed by atoms with Crippen LogP contribution in [0.4, 0.5) is 0 Å². The van der Waals surface area contributed by atoms with Gasteiger partial charge in [-0.05, 0) is 18.6 Å². The molecule has 20 heavy (non-hydrogen) atoms. The second-order valence-corrected chi connectivity index (χ2v) is 6.84. The van der Waals surface area contributed by atoms with Crippen LogP contribution in [0.5, 0.6) is 11.5 Å². The molecular formula is C14H20O5S. The van der Waals surface area contributed by atoms with Crippen molar-refractivity contribution >= 4 is 15.6 Å². The Kier molecular flexibility index (Phi) is 6.01. The zero-order valence-corrected chi connectivity index (χ0v) is 12.8. The highest BCUT2D eigenvalue weighted by Gasteiger charge is 2.12. The van der Waals surface area contributed by atoms with Crippen molar-refractivity contribution in [1.82, 2.24) is 0 Å². The van der Waals surface area contributed by atoms with Crippen molar-refractivity contribution in [1.29, 1.82) is 0 Å². The Labute approximate surface area is 119 Å². The van der Waals surface area contributed by atoms with Crippen molar-refractivity contribution in [2.45, 2.75) is 19.8 Å². The Balaban J connectivity index is 2.72. The lowest BCUT2D eigenvalue weighted by Gasteiger charge is -2.08. The Hall–Kier alpha value is -1.56. The predicted molar refractivity (Wildman–Crippen MR) is 77.4 cm³/mol. The highest BCUT2D eigenvalue weighted by molar-refractivity contribution is 7.91. The Morgan fingerprint density at radius 1 is 1.10 bits per heavy atom. The molecule has 6 heteroatoms. The standard InChI is InChI=1S/C14H20O5S/c1-4-20(16,17)7-5-6-14(15)11-8-12(18-2)10-13(9-11)19-3/h8-10H,4-7H2,1-3H3. The van der Waals surface area contributed by atoms with Crippen LogP contribution in [0.15, 0.2) is 18.2 Å². The number of hydrogen-bond acceptors (Lipinski definition) is 5. The monoisotopic (exact) mass is 300 g/mol. The van der Waals surface area contributed by atoms with Crippen LogP contribution in [-0.2, 0) is 9.84 Å². The molecule has 0 amide bonds. The van der Waals surface area contributed by atoms with Crippen LogP contribution in [0.1, 0.15) is 30.1 Å². The summed E-state index contributed by atoms with van der Waals surface area (Å²) in [7, 11) is -0.00308. The van der Waals surface area contributed by atoms with Crippen molar-refractivity contribution < 1.29 is 22.7 Å². The molecule has 0 aromatic heterocycles. The van der Waals surface area contributed by atoms with Gasteiger partial charge in [-0.25, -0.2) is 8.42 Å². The molecule has 0 fully saturated rings. The van der Waals surface area contributed by atoms with Gasteiger partial charge in [0.25, 0.3) is 0 Å². The summed E-state index contributed by atoms with van der Waals surface area (Å²) in [4.78, 5) is 12.0. The lowest BCUT2D eigenvalue weighted by molar-refractivity contribution is 0.0981. The van der Waals surface area contributed by atoms with E-state index in [2.05, 4.69) is 0 Å². The molecule has 5 nitrogen and oxygen atoms in total. The third kappa shape index (κ3) is 4.85. The Bertz CT molecular complexity index is 541. The van der Waals surface area contributed by atoms with E-state index < -0.39 is 9.84 Å². The third-order valence-corrected chi connectivity index (χ3v) is 4.76. The van der Waals surface area contributed by atoms with Crippen LogP contribution >= 0.6 is 0 Å². The average Bonchev–Trinajstić information content (AvgIpc) is 2.46. The van der Waals surface area contributed by atoms with Crippen LogP contribution in [0.25, 0.3) is 0 Å². The van der Waals surface area contributed by atoms with Crippen LogP contribution in [0.3, 0.4) is 0 Å². The van der Waals surface area contributed by atoms with Gasteiger partial charge in [-0.3, -0.25) is 4.79 Å². The number of sulfone groups is 1. The first-order chi connectivity index (χ1) is 9.41. The minimum absolute atomic E-state index is 0.0380. The van der Waals surface area contributed by atoms with Gasteiger partial charge in [-0.1, -0.05) is 6.92 Å². The van der Waals surface area contributed by atoms with Gasteiger partial charge in [0, 0.05) is 23.8 Å². The summed E-state index contributed by atoms with van der Waals surface area (Å²) in [5.74, 6) is 1.10. The molecule has 0 radical (unpaired) electrons. The molecule has 1 aromatic carbocycles. The smallest absolute Gasteiger partial charge is 0.163 e. The van der Waals surface area contributed by atoms with Crippen LogP contribution in [0, 0.1) is 0 Å². The number of methoxy groups -OCH3 is 2. The Morgan fingerprint density at radius 2 is 1.65 bits per heavy atom. The molecule has 112 valence electrons. The fourth-order valence-electron chi connectivity index (χ4n) is 1.71. The van der Waals surface area contributed by atoms with Crippen molar-refractivity contribution in [3.05, 3.63) is 23.8 Å². The van der Waals surface area contributed by atoms with Gasteiger partial charge >= 0.3 is 0 Å². The van der Waals surface area contributed by atoms with E-state index in [1.807, 2.05) is 0 Å². The summed E-state index contributed by atoms with van der Waals surface area (Å²) in [6.07, 6.45) is 0.518. The quantitative estimate of drug-likeness (QED) is 0.688. The van der Waals surface area contributed by atoms with Crippen molar-refractivity contribution in [3.8, 4) is 11.5 Å². The number of ketones is 1. The first-order valence-corrected chi connectivity index (χ1v) is 8.20. The maximum absolute atomic E-state index is 12.0. The number of carbonyl (C=O) groups excluding carboxylic acids is 1. The van der Waals surface area contributed by atoms with Crippen molar-refractivity contribution in [2.24, 2.45) is 0 Å². The van der Waals surface area contributed by atoms with Gasteiger partial charge in [0.2, 0.25) is 0 Å². The maximum atomic E-state index is 12.0. The van der Waals surface area contributed by atoms with Crippen molar-refractivity contribution in [3.63, 3.8) is 0 Å². The normalized spacial score (nSPS) is 11.2. The summed E-state index contributed by atoms with van der Waals surface area (Å²) in [6.45, 7) is 1.60. The predicted octanol–water partition coefficient (Wildman–Crippen LogP) is 2.10. The molecule has 1 rings (SSSR count). The number of rotatable bonds is 8. The number of Topliss-reactive ketones (excluding diaryl/α,β-unsaturated/α-hetero) is 1. The van der Waals surface area contributed by atoms with E-state index >= 15 is 0 Å². The van der Waals surface area contributed by atoms with E-state index in [1.54, 1.807) is 25.1 Å². The van der Waals surface area contributed by atoms with Crippen molar-refractivity contribution in [2.75, 3.05) is 25.7 Å². The molecule has 1 aromatic rings. The van der Waals surface area contributed by atoms with Gasteiger partial charge in [-0.2, -0.15) is 0 Å². The van der Waals surface area contributed by atoms with Gasteiger partial charge in [0.1, 0.15) is 21.3 Å². The lowest BCUT2D eigenvalue weighted by Crippen LogP contribution is -2.10. The van der Waals surface area contributed by atoms with E-state index in [9.17, 15) is 13.2 Å². The Morgan fingerprint density at radius 3 is 2.10 bits per heavy atom. The zero-order valence-electron chi connectivity index (χ0n) is 12.0. The molecule has 0 spiro atoms. The molecule has 0 saturated carbocycles. The van der Waals surface area contributed by atoms with E-state index in [0.29, 0.717) is 23.5 Å². The highest BCUT2D eigenvalue weighted by Crippen LogP contribution is 2.23. The largest absolute Gasteiger partial charge is 0.497 e. The first kappa shape index (κ1) is 16.5. The third-order valence-electron chi connectivity index (χ3n) is 2.97. The molecule has 0 unspecified atom stereocenters. The molecule has 0 saturated heterocycles. The molecule has 0 heterocycles. The molecule has 0 N–H and O–H groups in total. The topological polar surface area (TPSA) is 69.7 Å². The van der Waals surface area contributed by atoms with Gasteiger partial charge < -0.3 is 9.47 Å². The average molecular weight is 300 g/mol. The van der Waals surface area contributed by atoms with E-state index in [0.717, 1.165) is 0 Å². The molecular weight excluding hydrogens is 280 g/mol. The fourth-order valence-corrected chi connectivity index (χ4v) is 2.58. The fraction of sp³-hybridized carbons (Fsp3) is 0.500. The summed E-state index contributed by atoms with van der Waals surface area (Å²) in [6, 6.07) is 4.93. The summed E-state index contributed by atoms with van der Waals surface area (Å²) < 4.78 is 32.9. The number of ether oxygens (including phenoxy) is 2. The summed E-state index contributed by atoms with van der Waals surface area (Å²) in [5, 5.41) is 0. The lowest BCUT2D eigenvalue weighted by atomic mass is 10.1. The van der Waals surface area contributed by atoms with Crippen LogP contribution in [-0.4, -0.2) is 39.9 Å². The minimum atomic E-state index is -3.02. The molecule has 0 aliphatic carbocycles. The number of benzene rings is 1.